The lowest BCUT2D eigenvalue weighted by Crippen LogP contribution is -2.14. The third kappa shape index (κ3) is 1.80. The van der Waals surface area contributed by atoms with Crippen LogP contribution in [-0.4, -0.2) is 27.6 Å². The predicted octanol–water partition coefficient (Wildman–Crippen LogP) is 0.00330. The monoisotopic (exact) mass is 195 g/mol. The zero-order valence-corrected chi connectivity index (χ0v) is 7.36. The third-order valence-corrected chi connectivity index (χ3v) is 1.85. The van der Waals surface area contributed by atoms with Crippen molar-refractivity contribution in [1.29, 1.82) is 0 Å². The minimum Gasteiger partial charge on any atom is -0.480 e. The van der Waals surface area contributed by atoms with E-state index in [1.807, 2.05) is 0 Å². The molecule has 0 fully saturated rings. The Balaban J connectivity index is 2.09. The maximum absolute atomic E-state index is 10.3. The molecule has 2 heterocycles. The van der Waals surface area contributed by atoms with Gasteiger partial charge in [-0.25, -0.2) is 9.97 Å². The first-order valence-electron chi connectivity index (χ1n) is 4.14. The molecular formula is C8H9N3O3. The van der Waals surface area contributed by atoms with E-state index >= 15 is 0 Å². The topological polar surface area (TPSA) is 84.3 Å². The van der Waals surface area contributed by atoms with Crippen LogP contribution in [0.15, 0.2) is 6.20 Å². The second kappa shape index (κ2) is 3.59. The summed E-state index contributed by atoms with van der Waals surface area (Å²) in [6, 6.07) is 0. The number of ether oxygens (including phenoxy) is 1. The lowest BCUT2D eigenvalue weighted by atomic mass is 10.3. The number of carbonyl (C=O) groups is 1. The lowest BCUT2D eigenvalue weighted by Gasteiger charge is -2.02. The van der Waals surface area contributed by atoms with Crippen LogP contribution in [0, 0.1) is 0 Å². The van der Waals surface area contributed by atoms with E-state index < -0.39 is 5.97 Å². The summed E-state index contributed by atoms with van der Waals surface area (Å²) >= 11 is 0. The average Bonchev–Trinajstić information content (AvgIpc) is 2.61. The van der Waals surface area contributed by atoms with Crippen LogP contribution in [0.2, 0.25) is 0 Å². The summed E-state index contributed by atoms with van der Waals surface area (Å²) in [5.74, 6) is -0.609. The molecule has 1 aromatic rings. The van der Waals surface area contributed by atoms with Gasteiger partial charge in [0.25, 0.3) is 0 Å². The Bertz CT molecular complexity index is 367. The van der Waals surface area contributed by atoms with E-state index in [4.69, 9.17) is 9.84 Å². The number of fused-ring (bicyclic) bond motifs is 1. The quantitative estimate of drug-likeness (QED) is 0.706. The van der Waals surface area contributed by atoms with E-state index in [0.29, 0.717) is 19.2 Å². The highest BCUT2D eigenvalue weighted by Gasteiger charge is 2.13. The molecule has 0 spiro atoms. The fourth-order valence-corrected chi connectivity index (χ4v) is 1.19. The summed E-state index contributed by atoms with van der Waals surface area (Å²) in [5.41, 5.74) is 1.79. The van der Waals surface area contributed by atoms with E-state index in [0.717, 1.165) is 11.3 Å². The second-order valence-electron chi connectivity index (χ2n) is 2.91. The van der Waals surface area contributed by atoms with Crippen molar-refractivity contribution < 1.29 is 14.6 Å². The van der Waals surface area contributed by atoms with E-state index in [2.05, 4.69) is 15.3 Å². The Kier molecular flexibility index (Phi) is 2.28. The van der Waals surface area contributed by atoms with E-state index in [1.54, 1.807) is 6.20 Å². The summed E-state index contributed by atoms with van der Waals surface area (Å²) in [6.07, 6.45) is 1.65. The van der Waals surface area contributed by atoms with Crippen LogP contribution in [0.5, 0.6) is 0 Å². The molecule has 0 saturated heterocycles. The molecule has 0 amide bonds. The van der Waals surface area contributed by atoms with Crippen molar-refractivity contribution in [3.05, 3.63) is 17.5 Å². The number of nitrogens with one attached hydrogen (secondary N) is 1. The smallest absolute Gasteiger partial charge is 0.322 e. The molecule has 74 valence electrons. The number of carboxylic acid groups (broad SMARTS) is 1. The Morgan fingerprint density at radius 3 is 3.29 bits per heavy atom. The first-order chi connectivity index (χ1) is 6.75. The molecule has 0 aromatic carbocycles. The van der Waals surface area contributed by atoms with Crippen molar-refractivity contribution in [2.75, 3.05) is 11.9 Å². The second-order valence-corrected chi connectivity index (χ2v) is 2.91. The summed E-state index contributed by atoms with van der Waals surface area (Å²) in [7, 11) is 0. The van der Waals surface area contributed by atoms with Crippen molar-refractivity contribution in [2.45, 2.75) is 13.2 Å². The van der Waals surface area contributed by atoms with Crippen molar-refractivity contribution in [3.63, 3.8) is 0 Å². The van der Waals surface area contributed by atoms with Gasteiger partial charge < -0.3 is 15.2 Å². The van der Waals surface area contributed by atoms with Gasteiger partial charge in [-0.15, -0.1) is 0 Å². The largest absolute Gasteiger partial charge is 0.480 e. The van der Waals surface area contributed by atoms with Crippen LogP contribution in [0.25, 0.3) is 0 Å². The zero-order valence-electron chi connectivity index (χ0n) is 7.36. The summed E-state index contributed by atoms with van der Waals surface area (Å²) in [6.45, 7) is 0.827. The van der Waals surface area contributed by atoms with Crippen molar-refractivity contribution >= 4 is 11.9 Å². The number of carboxylic acids is 1. The van der Waals surface area contributed by atoms with Gasteiger partial charge in [0, 0.05) is 11.8 Å². The lowest BCUT2D eigenvalue weighted by molar-refractivity contribution is -0.134. The van der Waals surface area contributed by atoms with Crippen molar-refractivity contribution in [1.82, 2.24) is 9.97 Å². The first-order valence-corrected chi connectivity index (χ1v) is 4.14. The molecule has 1 aliphatic rings. The van der Waals surface area contributed by atoms with Crippen molar-refractivity contribution in [3.8, 4) is 0 Å². The predicted molar refractivity (Wildman–Crippen MR) is 46.7 cm³/mol. The molecule has 2 N–H and O–H groups in total. The molecule has 6 heteroatoms. The van der Waals surface area contributed by atoms with E-state index in [9.17, 15) is 4.79 Å². The van der Waals surface area contributed by atoms with Gasteiger partial charge in [-0.1, -0.05) is 0 Å². The zero-order chi connectivity index (χ0) is 9.97. The summed E-state index contributed by atoms with van der Waals surface area (Å²) in [4.78, 5) is 18.3. The molecule has 0 saturated carbocycles. The summed E-state index contributed by atoms with van der Waals surface area (Å²) < 4.78 is 5.15. The number of hydrogen-bond donors (Lipinski definition) is 2. The third-order valence-electron chi connectivity index (χ3n) is 1.85. The molecule has 0 radical (unpaired) electrons. The first kappa shape index (κ1) is 8.89. The normalized spacial score (nSPS) is 13.7. The van der Waals surface area contributed by atoms with E-state index in [-0.39, 0.29) is 6.54 Å². The minimum absolute atomic E-state index is 0.181. The van der Waals surface area contributed by atoms with Gasteiger partial charge in [-0.05, 0) is 0 Å². The average molecular weight is 195 g/mol. The van der Waals surface area contributed by atoms with Crippen LogP contribution in [0.4, 0.5) is 5.95 Å². The molecule has 14 heavy (non-hydrogen) atoms. The van der Waals surface area contributed by atoms with Gasteiger partial charge in [0.05, 0.1) is 18.9 Å². The van der Waals surface area contributed by atoms with Crippen LogP contribution in [-0.2, 0) is 22.7 Å². The molecule has 0 aliphatic carbocycles. The molecule has 2 rings (SSSR count). The number of nitrogens with zero attached hydrogens (tertiary/aromatic N) is 2. The highest BCUT2D eigenvalue weighted by molar-refractivity contribution is 5.71. The van der Waals surface area contributed by atoms with Gasteiger partial charge in [0.1, 0.15) is 6.54 Å². The number of anilines is 1. The van der Waals surface area contributed by atoms with Crippen molar-refractivity contribution in [2.24, 2.45) is 0 Å². The Labute approximate surface area is 79.9 Å². The van der Waals surface area contributed by atoms with E-state index in [1.165, 1.54) is 0 Å². The Hall–Kier alpha value is -1.69. The standard InChI is InChI=1S/C8H9N3O3/c12-7(13)2-10-8-9-1-5-3-14-4-6(5)11-8/h1H,2-4H2,(H,12,13)(H,9,10,11). The summed E-state index contributed by atoms with van der Waals surface area (Å²) in [5, 5.41) is 11.0. The van der Waals surface area contributed by atoms with Gasteiger partial charge in [-0.3, -0.25) is 4.79 Å². The van der Waals surface area contributed by atoms with Crippen LogP contribution in [0.3, 0.4) is 0 Å². The number of aromatic nitrogens is 2. The fraction of sp³-hybridized carbons (Fsp3) is 0.375. The minimum atomic E-state index is -0.939. The van der Waals surface area contributed by atoms with Gasteiger partial charge in [-0.2, -0.15) is 0 Å². The van der Waals surface area contributed by atoms with Crippen LogP contribution < -0.4 is 5.32 Å². The van der Waals surface area contributed by atoms with Gasteiger partial charge >= 0.3 is 5.97 Å². The highest BCUT2D eigenvalue weighted by Crippen LogP contribution is 2.17. The van der Waals surface area contributed by atoms with Crippen LogP contribution >= 0.6 is 0 Å². The van der Waals surface area contributed by atoms with Crippen LogP contribution in [0.1, 0.15) is 11.3 Å². The maximum atomic E-state index is 10.3. The molecule has 1 aliphatic heterocycles. The van der Waals surface area contributed by atoms with Gasteiger partial charge in [0.15, 0.2) is 0 Å². The number of hydrogen-bond acceptors (Lipinski definition) is 5. The number of aliphatic carboxylic acids is 1. The number of rotatable bonds is 3. The molecule has 0 bridgehead atoms. The van der Waals surface area contributed by atoms with Gasteiger partial charge in [0.2, 0.25) is 5.95 Å². The highest BCUT2D eigenvalue weighted by atomic mass is 16.5. The fourth-order valence-electron chi connectivity index (χ4n) is 1.19. The maximum Gasteiger partial charge on any atom is 0.322 e. The molecule has 1 aromatic heterocycles. The molecule has 0 atom stereocenters. The SMILES string of the molecule is O=C(O)CNc1ncc2c(n1)COC2. The molecule has 6 nitrogen and oxygen atoms in total. The molecule has 0 unspecified atom stereocenters. The Morgan fingerprint density at radius 1 is 1.64 bits per heavy atom. The molecular weight excluding hydrogens is 186 g/mol. The Morgan fingerprint density at radius 2 is 2.50 bits per heavy atom.